The number of hydrogen-bond donors (Lipinski definition) is 0. The zero-order valence-corrected chi connectivity index (χ0v) is 15.6. The molecule has 0 aliphatic heterocycles. The second-order valence-corrected chi connectivity index (χ2v) is 6.93. The van der Waals surface area contributed by atoms with Crippen molar-refractivity contribution in [1.82, 2.24) is 19.1 Å². The van der Waals surface area contributed by atoms with Gasteiger partial charge in [-0.25, -0.2) is 4.79 Å². The summed E-state index contributed by atoms with van der Waals surface area (Å²) in [4.78, 5) is 21.9. The van der Waals surface area contributed by atoms with Crippen LogP contribution in [0.4, 0.5) is 0 Å². The van der Waals surface area contributed by atoms with E-state index >= 15 is 0 Å². The van der Waals surface area contributed by atoms with Crippen LogP contribution in [0.3, 0.4) is 0 Å². The van der Waals surface area contributed by atoms with Gasteiger partial charge in [-0.3, -0.25) is 19.1 Å². The number of fused-ring (bicyclic) bond motifs is 3. The second-order valence-electron chi connectivity index (χ2n) is 6.93. The van der Waals surface area contributed by atoms with E-state index in [4.69, 9.17) is 0 Å². The third-order valence-corrected chi connectivity index (χ3v) is 5.23. The summed E-state index contributed by atoms with van der Waals surface area (Å²) in [7, 11) is 1.79. The molecule has 0 aliphatic carbocycles. The highest BCUT2D eigenvalue weighted by molar-refractivity contribution is 6.04. The molecule has 0 saturated heterocycles. The van der Waals surface area contributed by atoms with Gasteiger partial charge in [0.1, 0.15) is 0 Å². The van der Waals surface area contributed by atoms with Gasteiger partial charge in [-0.1, -0.05) is 30.3 Å². The summed E-state index contributed by atoms with van der Waals surface area (Å²) in [6.45, 7) is 2.02. The number of pyridine rings is 2. The first-order chi connectivity index (χ1) is 13.6. The number of imidazole rings is 1. The molecule has 0 bridgehead atoms. The van der Waals surface area contributed by atoms with Crippen LogP contribution in [0.15, 0.2) is 78.0 Å². The molecule has 0 fully saturated rings. The molecule has 28 heavy (non-hydrogen) atoms. The van der Waals surface area contributed by atoms with Crippen molar-refractivity contribution in [2.75, 3.05) is 0 Å². The summed E-state index contributed by atoms with van der Waals surface area (Å²) in [5.74, 6) is 0. The molecule has 0 N–H and O–H groups in total. The third kappa shape index (κ3) is 2.36. The Kier molecular flexibility index (Phi) is 3.62. The Bertz CT molecular complexity index is 1400. The molecule has 0 aliphatic rings. The molecule has 5 nitrogen and oxygen atoms in total. The van der Waals surface area contributed by atoms with Gasteiger partial charge in [0.15, 0.2) is 0 Å². The summed E-state index contributed by atoms with van der Waals surface area (Å²) >= 11 is 0. The van der Waals surface area contributed by atoms with Gasteiger partial charge in [0, 0.05) is 30.4 Å². The van der Waals surface area contributed by atoms with E-state index in [0.717, 1.165) is 44.3 Å². The highest BCUT2D eigenvalue weighted by Crippen LogP contribution is 2.30. The molecule has 0 amide bonds. The van der Waals surface area contributed by atoms with Crippen molar-refractivity contribution < 1.29 is 0 Å². The van der Waals surface area contributed by atoms with Gasteiger partial charge in [-0.2, -0.15) is 0 Å². The van der Waals surface area contributed by atoms with E-state index in [2.05, 4.69) is 16.0 Å². The van der Waals surface area contributed by atoms with Crippen molar-refractivity contribution in [1.29, 1.82) is 0 Å². The quantitative estimate of drug-likeness (QED) is 0.469. The maximum absolute atomic E-state index is 13.1. The Hall–Kier alpha value is -3.73. The molecule has 0 unspecified atom stereocenters. The summed E-state index contributed by atoms with van der Waals surface area (Å²) in [6.07, 6.45) is 5.38. The van der Waals surface area contributed by atoms with Crippen LogP contribution in [0, 0.1) is 6.92 Å². The SMILES string of the molecule is Cc1ccccc1-n1c(=O)n(C)c2cnc3ccc(-c4cccnc4)cc3c21. The van der Waals surface area contributed by atoms with Crippen LogP contribution in [-0.2, 0) is 7.05 Å². The Balaban J connectivity index is 1.93. The Morgan fingerprint density at radius 1 is 0.929 bits per heavy atom. The molecule has 5 heteroatoms. The number of benzene rings is 2. The first-order valence-corrected chi connectivity index (χ1v) is 9.12. The lowest BCUT2D eigenvalue weighted by Gasteiger charge is -2.10. The summed E-state index contributed by atoms with van der Waals surface area (Å²) < 4.78 is 3.45. The Morgan fingerprint density at radius 2 is 1.79 bits per heavy atom. The van der Waals surface area contributed by atoms with Gasteiger partial charge in [0.05, 0.1) is 28.4 Å². The van der Waals surface area contributed by atoms with E-state index in [1.807, 2.05) is 61.7 Å². The van der Waals surface area contributed by atoms with Crippen LogP contribution < -0.4 is 5.69 Å². The molecule has 136 valence electrons. The number of para-hydroxylation sites is 1. The van der Waals surface area contributed by atoms with Gasteiger partial charge < -0.3 is 0 Å². The van der Waals surface area contributed by atoms with Gasteiger partial charge in [0.2, 0.25) is 0 Å². The van der Waals surface area contributed by atoms with E-state index in [0.29, 0.717) is 0 Å². The standard InChI is InChI=1S/C23H18N4O/c1-15-6-3-4-8-20(15)27-22-18-12-16(17-7-5-11-24-13-17)9-10-19(18)25-14-21(22)26(2)23(27)28/h3-14H,1-2H3. The van der Waals surface area contributed by atoms with Crippen LogP contribution in [-0.4, -0.2) is 19.1 Å². The van der Waals surface area contributed by atoms with Crippen LogP contribution in [0.25, 0.3) is 38.8 Å². The normalized spacial score (nSPS) is 11.4. The lowest BCUT2D eigenvalue weighted by molar-refractivity contribution is 0.843. The zero-order valence-electron chi connectivity index (χ0n) is 15.6. The number of rotatable bonds is 2. The topological polar surface area (TPSA) is 52.7 Å². The summed E-state index contributed by atoms with van der Waals surface area (Å²) in [5, 5.41) is 0.944. The second kappa shape index (κ2) is 6.16. The highest BCUT2D eigenvalue weighted by Gasteiger charge is 2.17. The lowest BCUT2D eigenvalue weighted by Crippen LogP contribution is -2.21. The highest BCUT2D eigenvalue weighted by atomic mass is 16.1. The lowest BCUT2D eigenvalue weighted by atomic mass is 10.0. The molecule has 5 rings (SSSR count). The van der Waals surface area contributed by atoms with E-state index in [1.165, 1.54) is 0 Å². The molecule has 0 atom stereocenters. The molecule has 2 aromatic carbocycles. The van der Waals surface area contributed by atoms with Crippen molar-refractivity contribution in [2.24, 2.45) is 7.05 Å². The summed E-state index contributed by atoms with van der Waals surface area (Å²) in [6, 6.07) is 18.0. The Labute approximate surface area is 161 Å². The van der Waals surface area contributed by atoms with Gasteiger partial charge in [-0.05, 0) is 42.3 Å². The fourth-order valence-electron chi connectivity index (χ4n) is 3.75. The minimum Gasteiger partial charge on any atom is -0.293 e. The third-order valence-electron chi connectivity index (χ3n) is 5.23. The van der Waals surface area contributed by atoms with Crippen LogP contribution in [0.2, 0.25) is 0 Å². The molecule has 0 spiro atoms. The average Bonchev–Trinajstić information content (AvgIpc) is 2.99. The van der Waals surface area contributed by atoms with Gasteiger partial charge >= 0.3 is 5.69 Å². The Morgan fingerprint density at radius 3 is 2.57 bits per heavy atom. The van der Waals surface area contributed by atoms with Crippen molar-refractivity contribution in [2.45, 2.75) is 6.92 Å². The molecule has 0 saturated carbocycles. The van der Waals surface area contributed by atoms with Crippen molar-refractivity contribution in [3.05, 3.63) is 89.2 Å². The van der Waals surface area contributed by atoms with E-state index in [-0.39, 0.29) is 5.69 Å². The largest absolute Gasteiger partial charge is 0.333 e. The molecule has 3 heterocycles. The number of hydrogen-bond acceptors (Lipinski definition) is 3. The predicted molar refractivity (Wildman–Crippen MR) is 112 cm³/mol. The van der Waals surface area contributed by atoms with Crippen LogP contribution in [0.5, 0.6) is 0 Å². The molecule has 3 aromatic heterocycles. The average molecular weight is 366 g/mol. The van der Waals surface area contributed by atoms with Crippen LogP contribution >= 0.6 is 0 Å². The minimum absolute atomic E-state index is 0.0784. The first-order valence-electron chi connectivity index (χ1n) is 9.12. The molecule has 5 aromatic rings. The predicted octanol–water partition coefficient (Wildman–Crippen LogP) is 4.25. The van der Waals surface area contributed by atoms with E-state index in [9.17, 15) is 4.79 Å². The van der Waals surface area contributed by atoms with E-state index < -0.39 is 0 Å². The van der Waals surface area contributed by atoms with Crippen LogP contribution in [0.1, 0.15) is 5.56 Å². The number of nitrogens with zero attached hydrogens (tertiary/aromatic N) is 4. The molecular formula is C23H18N4O. The van der Waals surface area contributed by atoms with Crippen molar-refractivity contribution in [3.8, 4) is 16.8 Å². The molecular weight excluding hydrogens is 348 g/mol. The van der Waals surface area contributed by atoms with Crippen molar-refractivity contribution in [3.63, 3.8) is 0 Å². The monoisotopic (exact) mass is 366 g/mol. The van der Waals surface area contributed by atoms with Gasteiger partial charge in [0.25, 0.3) is 0 Å². The minimum atomic E-state index is -0.0784. The number of aryl methyl sites for hydroxylation is 2. The summed E-state index contributed by atoms with van der Waals surface area (Å²) in [5.41, 5.74) is 6.47. The fraction of sp³-hybridized carbons (Fsp3) is 0.0870. The van der Waals surface area contributed by atoms with Gasteiger partial charge in [-0.15, -0.1) is 0 Å². The fourth-order valence-corrected chi connectivity index (χ4v) is 3.75. The zero-order chi connectivity index (χ0) is 19.3. The van der Waals surface area contributed by atoms with E-state index in [1.54, 1.807) is 28.6 Å². The number of aromatic nitrogens is 4. The van der Waals surface area contributed by atoms with Crippen molar-refractivity contribution >= 4 is 21.9 Å². The first kappa shape index (κ1) is 16.4. The maximum Gasteiger partial charge on any atom is 0.333 e. The smallest absolute Gasteiger partial charge is 0.293 e. The maximum atomic E-state index is 13.1. The molecule has 0 radical (unpaired) electrons.